The minimum absolute atomic E-state index is 0.0356. The topological polar surface area (TPSA) is 58.2 Å². The van der Waals surface area contributed by atoms with Crippen LogP contribution in [0.2, 0.25) is 0 Å². The molecule has 4 heteroatoms. The SMILES string of the molecule is Cc1ccc(/C=C/c2ccc3c(c2)NC(=O)C3)cc1NC(=O)c1ccccc1. The number of hydrogen-bond donors (Lipinski definition) is 2. The summed E-state index contributed by atoms with van der Waals surface area (Å²) in [6.45, 7) is 1.97. The molecule has 0 radical (unpaired) electrons. The van der Waals surface area contributed by atoms with Crippen LogP contribution in [0.4, 0.5) is 11.4 Å². The van der Waals surface area contributed by atoms with Crippen LogP contribution in [-0.2, 0) is 11.2 Å². The van der Waals surface area contributed by atoms with E-state index in [9.17, 15) is 9.59 Å². The quantitative estimate of drug-likeness (QED) is 0.643. The lowest BCUT2D eigenvalue weighted by Gasteiger charge is -2.09. The van der Waals surface area contributed by atoms with Crippen molar-refractivity contribution in [3.8, 4) is 0 Å². The molecule has 1 aliphatic heterocycles. The van der Waals surface area contributed by atoms with Gasteiger partial charge in [0.25, 0.3) is 5.91 Å². The minimum atomic E-state index is -0.126. The van der Waals surface area contributed by atoms with Gasteiger partial charge < -0.3 is 10.6 Å². The van der Waals surface area contributed by atoms with Gasteiger partial charge in [-0.3, -0.25) is 9.59 Å². The highest BCUT2D eigenvalue weighted by molar-refractivity contribution is 6.04. The Labute approximate surface area is 163 Å². The molecule has 0 aromatic heterocycles. The lowest BCUT2D eigenvalue weighted by atomic mass is 10.1. The number of hydrogen-bond acceptors (Lipinski definition) is 2. The number of aryl methyl sites for hydroxylation is 1. The lowest BCUT2D eigenvalue weighted by molar-refractivity contribution is -0.115. The van der Waals surface area contributed by atoms with E-state index in [-0.39, 0.29) is 11.8 Å². The predicted octanol–water partition coefficient (Wildman–Crippen LogP) is 4.91. The van der Waals surface area contributed by atoms with Crippen molar-refractivity contribution in [2.75, 3.05) is 10.6 Å². The average molecular weight is 368 g/mol. The average Bonchev–Trinajstić information content (AvgIpc) is 3.08. The maximum atomic E-state index is 12.4. The van der Waals surface area contributed by atoms with Crippen LogP contribution >= 0.6 is 0 Å². The van der Waals surface area contributed by atoms with Crippen molar-refractivity contribution in [3.05, 3.63) is 94.5 Å². The molecule has 0 fully saturated rings. The molecule has 4 nitrogen and oxygen atoms in total. The standard InChI is InChI=1S/C24H20N2O2/c1-16-7-8-17(13-21(16)26-24(28)19-5-3-2-4-6-19)9-10-18-11-12-20-15-23(27)25-22(20)14-18/h2-14H,15H2,1H3,(H,25,27)(H,26,28)/b10-9+. The Balaban J connectivity index is 1.52. The second-order valence-corrected chi connectivity index (χ2v) is 6.87. The van der Waals surface area contributed by atoms with Gasteiger partial charge in [0.05, 0.1) is 6.42 Å². The first-order chi connectivity index (χ1) is 13.6. The largest absolute Gasteiger partial charge is 0.326 e. The molecule has 2 amide bonds. The van der Waals surface area contributed by atoms with Crippen molar-refractivity contribution in [3.63, 3.8) is 0 Å². The summed E-state index contributed by atoms with van der Waals surface area (Å²) in [6.07, 6.45) is 4.44. The first-order valence-electron chi connectivity index (χ1n) is 9.16. The molecule has 0 saturated carbocycles. The second kappa shape index (κ2) is 7.53. The van der Waals surface area contributed by atoms with Gasteiger partial charge in [0, 0.05) is 16.9 Å². The van der Waals surface area contributed by atoms with Crippen LogP contribution in [-0.4, -0.2) is 11.8 Å². The zero-order valence-electron chi connectivity index (χ0n) is 15.5. The van der Waals surface area contributed by atoms with Gasteiger partial charge in [-0.15, -0.1) is 0 Å². The maximum absolute atomic E-state index is 12.4. The molecule has 0 spiro atoms. The molecule has 1 aliphatic rings. The highest BCUT2D eigenvalue weighted by Gasteiger charge is 2.16. The third-order valence-corrected chi connectivity index (χ3v) is 4.77. The number of anilines is 2. The fourth-order valence-corrected chi connectivity index (χ4v) is 3.19. The summed E-state index contributed by atoms with van der Waals surface area (Å²) in [6, 6.07) is 21.1. The van der Waals surface area contributed by atoms with Crippen molar-refractivity contribution in [1.29, 1.82) is 0 Å². The number of carbonyl (C=O) groups is 2. The van der Waals surface area contributed by atoms with E-state index in [4.69, 9.17) is 0 Å². The zero-order valence-corrected chi connectivity index (χ0v) is 15.5. The van der Waals surface area contributed by atoms with Gasteiger partial charge in [0.2, 0.25) is 5.91 Å². The smallest absolute Gasteiger partial charge is 0.255 e. The molecule has 0 bridgehead atoms. The van der Waals surface area contributed by atoms with E-state index < -0.39 is 0 Å². The van der Waals surface area contributed by atoms with Crippen LogP contribution in [0.5, 0.6) is 0 Å². The number of benzene rings is 3. The maximum Gasteiger partial charge on any atom is 0.255 e. The predicted molar refractivity (Wildman–Crippen MR) is 113 cm³/mol. The van der Waals surface area contributed by atoms with Gasteiger partial charge in [-0.1, -0.05) is 54.6 Å². The van der Waals surface area contributed by atoms with Crippen molar-refractivity contribution in [1.82, 2.24) is 0 Å². The molecule has 2 N–H and O–H groups in total. The zero-order chi connectivity index (χ0) is 19.5. The lowest BCUT2D eigenvalue weighted by Crippen LogP contribution is -2.12. The number of fused-ring (bicyclic) bond motifs is 1. The molecule has 0 atom stereocenters. The Hall–Kier alpha value is -3.66. The Bertz CT molecular complexity index is 1090. The fourth-order valence-electron chi connectivity index (χ4n) is 3.19. The summed E-state index contributed by atoms with van der Waals surface area (Å²) in [5, 5.41) is 5.85. The van der Waals surface area contributed by atoms with Gasteiger partial charge in [0.15, 0.2) is 0 Å². The van der Waals surface area contributed by atoms with E-state index in [1.165, 1.54) is 0 Å². The molecule has 1 heterocycles. The summed E-state index contributed by atoms with van der Waals surface area (Å²) < 4.78 is 0. The Morgan fingerprint density at radius 3 is 2.46 bits per heavy atom. The number of rotatable bonds is 4. The molecule has 3 aromatic carbocycles. The Morgan fingerprint density at radius 1 is 0.964 bits per heavy atom. The van der Waals surface area contributed by atoms with E-state index in [1.54, 1.807) is 12.1 Å². The van der Waals surface area contributed by atoms with Crippen LogP contribution in [0.1, 0.15) is 32.6 Å². The van der Waals surface area contributed by atoms with Gasteiger partial charge in [-0.25, -0.2) is 0 Å². The van der Waals surface area contributed by atoms with Crippen LogP contribution in [0.25, 0.3) is 12.2 Å². The molecule has 0 aliphatic carbocycles. The van der Waals surface area contributed by atoms with E-state index in [0.717, 1.165) is 33.6 Å². The van der Waals surface area contributed by atoms with Crippen LogP contribution in [0.3, 0.4) is 0 Å². The highest BCUT2D eigenvalue weighted by Crippen LogP contribution is 2.25. The number of carbonyl (C=O) groups excluding carboxylic acids is 2. The van der Waals surface area contributed by atoms with Gasteiger partial charge in [-0.05, 0) is 53.4 Å². The normalized spacial score (nSPS) is 12.7. The van der Waals surface area contributed by atoms with Crippen molar-refractivity contribution in [2.45, 2.75) is 13.3 Å². The summed E-state index contributed by atoms with van der Waals surface area (Å²) >= 11 is 0. The third-order valence-electron chi connectivity index (χ3n) is 4.77. The molecule has 4 rings (SSSR count). The molecule has 0 saturated heterocycles. The molecular weight excluding hydrogens is 348 g/mol. The van der Waals surface area contributed by atoms with Gasteiger partial charge >= 0.3 is 0 Å². The first kappa shape index (κ1) is 17.7. The number of amides is 2. The minimum Gasteiger partial charge on any atom is -0.326 e. The Kier molecular flexibility index (Phi) is 4.77. The van der Waals surface area contributed by atoms with Gasteiger partial charge in [0.1, 0.15) is 0 Å². The highest BCUT2D eigenvalue weighted by atomic mass is 16.2. The van der Waals surface area contributed by atoms with Gasteiger partial charge in [-0.2, -0.15) is 0 Å². The molecular formula is C24H20N2O2. The molecule has 28 heavy (non-hydrogen) atoms. The van der Waals surface area contributed by atoms with Crippen molar-refractivity contribution in [2.24, 2.45) is 0 Å². The Morgan fingerprint density at radius 2 is 1.68 bits per heavy atom. The van der Waals surface area contributed by atoms with E-state index in [1.807, 2.05) is 73.7 Å². The van der Waals surface area contributed by atoms with Crippen molar-refractivity contribution < 1.29 is 9.59 Å². The fraction of sp³-hybridized carbons (Fsp3) is 0.0833. The van der Waals surface area contributed by atoms with Crippen LogP contribution in [0.15, 0.2) is 66.7 Å². The van der Waals surface area contributed by atoms with Crippen LogP contribution < -0.4 is 10.6 Å². The van der Waals surface area contributed by atoms with E-state index in [2.05, 4.69) is 10.6 Å². The van der Waals surface area contributed by atoms with Crippen molar-refractivity contribution >= 4 is 35.3 Å². The van der Waals surface area contributed by atoms with E-state index >= 15 is 0 Å². The third kappa shape index (κ3) is 3.86. The first-order valence-corrected chi connectivity index (χ1v) is 9.16. The van der Waals surface area contributed by atoms with Crippen LogP contribution in [0, 0.1) is 6.92 Å². The second-order valence-electron chi connectivity index (χ2n) is 6.87. The number of nitrogens with one attached hydrogen (secondary N) is 2. The summed E-state index contributed by atoms with van der Waals surface area (Å²) in [7, 11) is 0. The molecule has 0 unspecified atom stereocenters. The monoisotopic (exact) mass is 368 g/mol. The summed E-state index contributed by atoms with van der Waals surface area (Å²) in [5.41, 5.74) is 6.33. The molecule has 3 aromatic rings. The van der Waals surface area contributed by atoms with E-state index in [0.29, 0.717) is 12.0 Å². The molecule has 138 valence electrons. The summed E-state index contributed by atoms with van der Waals surface area (Å²) in [4.78, 5) is 23.9. The summed E-state index contributed by atoms with van der Waals surface area (Å²) in [5.74, 6) is -0.0901.